The van der Waals surface area contributed by atoms with Crippen LogP contribution in [0.1, 0.15) is 27.2 Å². The summed E-state index contributed by atoms with van der Waals surface area (Å²) >= 11 is 0. The van der Waals surface area contributed by atoms with Gasteiger partial charge in [-0.3, -0.25) is 9.78 Å². The fraction of sp³-hybridized carbons (Fsp3) is 0.0870. The van der Waals surface area contributed by atoms with Crippen LogP contribution in [0.4, 0.5) is 4.39 Å². The van der Waals surface area contributed by atoms with Gasteiger partial charge in [-0.25, -0.2) is 17.5 Å². The number of halogens is 1. The summed E-state index contributed by atoms with van der Waals surface area (Å²) in [5, 5.41) is 3.97. The predicted molar refractivity (Wildman–Crippen MR) is 114 cm³/mol. The molecule has 7 nitrogen and oxygen atoms in total. The number of carbonyl (C=O) groups is 1. The monoisotopic (exact) mass is 448 g/mol. The fourth-order valence-electron chi connectivity index (χ4n) is 3.68. The maximum atomic E-state index is 14.6. The minimum absolute atomic E-state index is 0.0811. The molecule has 0 radical (unpaired) electrons. The standard InChI is InChI=1S/C23H17FN4O3S/c24-20-12-19(7-8-22(20)28-10-4-9-26-28)32(30,31)27-14-17-11-21(25-13-18(17)15-27)23(29)16-5-2-1-3-6-16/h1-13H,14-15H2. The van der Waals surface area contributed by atoms with Crippen LogP contribution in [0.15, 0.2) is 84.1 Å². The molecule has 0 fully saturated rings. The Labute approximate surface area is 183 Å². The maximum Gasteiger partial charge on any atom is 0.243 e. The lowest BCUT2D eigenvalue weighted by Gasteiger charge is -2.16. The third-order valence-electron chi connectivity index (χ3n) is 5.35. The van der Waals surface area contributed by atoms with E-state index in [4.69, 9.17) is 0 Å². The van der Waals surface area contributed by atoms with Crippen molar-refractivity contribution in [3.05, 3.63) is 107 Å². The van der Waals surface area contributed by atoms with Crippen LogP contribution in [-0.4, -0.2) is 33.3 Å². The van der Waals surface area contributed by atoms with Crippen LogP contribution in [0, 0.1) is 5.82 Å². The molecule has 0 saturated carbocycles. The van der Waals surface area contributed by atoms with Crippen LogP contribution in [0.25, 0.3) is 5.69 Å². The van der Waals surface area contributed by atoms with Crippen molar-refractivity contribution < 1.29 is 17.6 Å². The Balaban J connectivity index is 1.40. The molecule has 0 saturated heterocycles. The highest BCUT2D eigenvalue weighted by Crippen LogP contribution is 2.30. The summed E-state index contributed by atoms with van der Waals surface area (Å²) in [6, 6.07) is 15.8. The smallest absolute Gasteiger partial charge is 0.243 e. The van der Waals surface area contributed by atoms with E-state index in [1.807, 2.05) is 6.07 Å². The topological polar surface area (TPSA) is 85.2 Å². The quantitative estimate of drug-likeness (QED) is 0.437. The van der Waals surface area contributed by atoms with Gasteiger partial charge in [0.1, 0.15) is 17.2 Å². The summed E-state index contributed by atoms with van der Waals surface area (Å²) in [6.45, 7) is 0.185. The van der Waals surface area contributed by atoms with Gasteiger partial charge in [0.25, 0.3) is 0 Å². The Morgan fingerprint density at radius 3 is 2.47 bits per heavy atom. The molecule has 0 spiro atoms. The number of hydrogen-bond donors (Lipinski definition) is 0. The van der Waals surface area contributed by atoms with Crippen molar-refractivity contribution in [2.45, 2.75) is 18.0 Å². The highest BCUT2D eigenvalue weighted by atomic mass is 32.2. The van der Waals surface area contributed by atoms with E-state index in [0.29, 0.717) is 16.7 Å². The van der Waals surface area contributed by atoms with Crippen LogP contribution in [0.5, 0.6) is 0 Å². The Morgan fingerprint density at radius 1 is 0.969 bits per heavy atom. The molecule has 0 atom stereocenters. The van der Waals surface area contributed by atoms with E-state index in [1.54, 1.807) is 42.6 Å². The van der Waals surface area contributed by atoms with E-state index < -0.39 is 15.8 Å². The van der Waals surface area contributed by atoms with Gasteiger partial charge >= 0.3 is 0 Å². The lowest BCUT2D eigenvalue weighted by atomic mass is 10.1. The second kappa shape index (κ2) is 7.77. The fourth-order valence-corrected chi connectivity index (χ4v) is 5.09. The minimum atomic E-state index is -3.95. The molecule has 5 rings (SSSR count). The van der Waals surface area contributed by atoms with E-state index >= 15 is 0 Å². The van der Waals surface area contributed by atoms with E-state index in [-0.39, 0.29) is 35.1 Å². The molecular weight excluding hydrogens is 431 g/mol. The third-order valence-corrected chi connectivity index (χ3v) is 7.14. The zero-order valence-corrected chi connectivity index (χ0v) is 17.5. The van der Waals surface area contributed by atoms with Crippen LogP contribution < -0.4 is 0 Å². The van der Waals surface area contributed by atoms with E-state index in [2.05, 4.69) is 10.1 Å². The second-order valence-electron chi connectivity index (χ2n) is 7.37. The van der Waals surface area contributed by atoms with Gasteiger partial charge in [0.05, 0.1) is 4.90 Å². The largest absolute Gasteiger partial charge is 0.287 e. The summed E-state index contributed by atoms with van der Waals surface area (Å²) in [6.07, 6.45) is 4.61. The number of benzene rings is 2. The third kappa shape index (κ3) is 3.51. The first-order valence-electron chi connectivity index (χ1n) is 9.81. The molecule has 9 heteroatoms. The molecule has 0 N–H and O–H groups in total. The van der Waals surface area contributed by atoms with Crippen molar-refractivity contribution in [1.82, 2.24) is 19.1 Å². The summed E-state index contributed by atoms with van der Waals surface area (Å²) < 4.78 is 43.5. The number of aromatic nitrogens is 3. The molecule has 1 aliphatic heterocycles. The Hall–Kier alpha value is -3.69. The van der Waals surface area contributed by atoms with Crippen LogP contribution in [-0.2, 0) is 23.1 Å². The normalized spacial score (nSPS) is 13.8. The summed E-state index contributed by atoms with van der Waals surface area (Å²) in [5.74, 6) is -0.921. The number of sulfonamides is 1. The lowest BCUT2D eigenvalue weighted by Crippen LogP contribution is -2.25. The number of fused-ring (bicyclic) bond motifs is 1. The van der Waals surface area contributed by atoms with Crippen molar-refractivity contribution in [3.8, 4) is 5.69 Å². The SMILES string of the molecule is O=C(c1ccccc1)c1cc2c(cn1)CN(S(=O)(=O)c1ccc(-n3cccn3)c(F)c1)C2. The Bertz CT molecular complexity index is 1420. The molecule has 0 bridgehead atoms. The van der Waals surface area contributed by atoms with Gasteiger partial charge in [-0.1, -0.05) is 30.3 Å². The number of rotatable bonds is 5. The zero-order chi connectivity index (χ0) is 22.3. The van der Waals surface area contributed by atoms with Crippen molar-refractivity contribution in [1.29, 1.82) is 0 Å². The molecule has 160 valence electrons. The number of carbonyl (C=O) groups excluding carboxylic acids is 1. The second-order valence-corrected chi connectivity index (χ2v) is 9.31. The van der Waals surface area contributed by atoms with Crippen LogP contribution in [0.2, 0.25) is 0 Å². The van der Waals surface area contributed by atoms with E-state index in [9.17, 15) is 17.6 Å². The average molecular weight is 448 g/mol. The number of hydrogen-bond acceptors (Lipinski definition) is 5. The van der Waals surface area contributed by atoms with Gasteiger partial charge in [-0.15, -0.1) is 0 Å². The van der Waals surface area contributed by atoms with E-state index in [0.717, 1.165) is 6.07 Å². The predicted octanol–water partition coefficient (Wildman–Crippen LogP) is 3.34. The lowest BCUT2D eigenvalue weighted by molar-refractivity contribution is 0.103. The van der Waals surface area contributed by atoms with Gasteiger partial charge in [0.2, 0.25) is 15.8 Å². The number of pyridine rings is 1. The first-order valence-corrected chi connectivity index (χ1v) is 11.2. The average Bonchev–Trinajstić information content (AvgIpc) is 3.49. The van der Waals surface area contributed by atoms with Crippen molar-refractivity contribution in [2.75, 3.05) is 0 Å². The van der Waals surface area contributed by atoms with Gasteiger partial charge in [0, 0.05) is 37.2 Å². The minimum Gasteiger partial charge on any atom is -0.287 e. The molecule has 3 heterocycles. The van der Waals surface area contributed by atoms with Crippen molar-refractivity contribution in [3.63, 3.8) is 0 Å². The van der Waals surface area contributed by atoms with Gasteiger partial charge in [-0.2, -0.15) is 9.40 Å². The molecule has 0 amide bonds. The summed E-state index contributed by atoms with van der Waals surface area (Å²) in [4.78, 5) is 16.8. The van der Waals surface area contributed by atoms with E-state index in [1.165, 1.54) is 33.5 Å². The molecular formula is C23H17FN4O3S. The van der Waals surface area contributed by atoms with Gasteiger partial charge < -0.3 is 0 Å². The highest BCUT2D eigenvalue weighted by molar-refractivity contribution is 7.89. The van der Waals surface area contributed by atoms with Gasteiger partial charge in [0.15, 0.2) is 0 Å². The van der Waals surface area contributed by atoms with Gasteiger partial charge in [-0.05, 0) is 41.5 Å². The summed E-state index contributed by atoms with van der Waals surface area (Å²) in [7, 11) is -3.95. The molecule has 1 aliphatic rings. The number of nitrogens with zero attached hydrogens (tertiary/aromatic N) is 4. The first-order chi connectivity index (χ1) is 15.4. The van der Waals surface area contributed by atoms with Crippen molar-refractivity contribution in [2.24, 2.45) is 0 Å². The summed E-state index contributed by atoms with van der Waals surface area (Å²) in [5.41, 5.74) is 2.34. The molecule has 2 aromatic heterocycles. The van der Waals surface area contributed by atoms with Crippen LogP contribution in [0.3, 0.4) is 0 Å². The molecule has 0 unspecified atom stereocenters. The Morgan fingerprint density at radius 2 is 1.75 bits per heavy atom. The Kier molecular flexibility index (Phi) is 4.91. The highest BCUT2D eigenvalue weighted by Gasteiger charge is 2.32. The zero-order valence-electron chi connectivity index (χ0n) is 16.7. The van der Waals surface area contributed by atoms with Crippen LogP contribution >= 0.6 is 0 Å². The molecule has 0 aliphatic carbocycles. The molecule has 32 heavy (non-hydrogen) atoms. The molecule has 2 aromatic carbocycles. The molecule has 4 aromatic rings. The maximum absolute atomic E-state index is 14.6. The number of ketones is 1. The first kappa shape index (κ1) is 20.2. The van der Waals surface area contributed by atoms with Crippen molar-refractivity contribution >= 4 is 15.8 Å².